The van der Waals surface area contributed by atoms with Gasteiger partial charge in [0.1, 0.15) is 18.1 Å². The van der Waals surface area contributed by atoms with Gasteiger partial charge in [0, 0.05) is 43.6 Å². The summed E-state index contributed by atoms with van der Waals surface area (Å²) in [5.41, 5.74) is 0.151. The standard InChI is InChI=1S/C32H34N6O8/c1-19-17-36(12-13-37(19)29(41)20-8-6-5-7-9-20)30(42)27(40)22-15-33-26-25(22)23(45-4)16-34-28(26)38-11-10-21(35-38)18-46-24(39)14-32(2,3)31(43)44/h5-11,15-16,19,33H,12-14,17-18H2,1-4H3,(H,43,44). The van der Waals surface area contributed by atoms with Crippen LogP contribution in [0.1, 0.15) is 53.6 Å². The number of rotatable bonds is 10. The first kappa shape index (κ1) is 31.9. The van der Waals surface area contributed by atoms with E-state index in [0.29, 0.717) is 28.0 Å². The van der Waals surface area contributed by atoms with Crippen LogP contribution in [-0.2, 0) is 25.7 Å². The van der Waals surface area contributed by atoms with Gasteiger partial charge in [0.15, 0.2) is 5.82 Å². The minimum absolute atomic E-state index is 0.0956. The highest BCUT2D eigenvalue weighted by Gasteiger charge is 2.35. The third-order valence-corrected chi connectivity index (χ3v) is 7.92. The molecule has 1 unspecified atom stereocenters. The molecule has 1 atom stereocenters. The number of ketones is 1. The summed E-state index contributed by atoms with van der Waals surface area (Å²) < 4.78 is 12.1. The maximum absolute atomic E-state index is 13.6. The molecule has 4 aromatic rings. The molecule has 0 saturated carbocycles. The van der Waals surface area contributed by atoms with Crippen LogP contribution in [0.4, 0.5) is 0 Å². The maximum atomic E-state index is 13.6. The van der Waals surface area contributed by atoms with Gasteiger partial charge in [-0.2, -0.15) is 5.10 Å². The summed E-state index contributed by atoms with van der Waals surface area (Å²) >= 11 is 0. The number of Topliss-reactive ketones (excluding diaryl/α,β-unsaturated/α-hetero) is 1. The fraction of sp³-hybridized carbons (Fsp3) is 0.344. The monoisotopic (exact) mass is 630 g/mol. The number of nitrogens with zero attached hydrogens (tertiary/aromatic N) is 5. The zero-order valence-corrected chi connectivity index (χ0v) is 25.9. The maximum Gasteiger partial charge on any atom is 0.309 e. The second-order valence-electron chi connectivity index (χ2n) is 11.7. The summed E-state index contributed by atoms with van der Waals surface area (Å²) in [7, 11) is 1.43. The molecule has 0 aliphatic carbocycles. The van der Waals surface area contributed by atoms with Crippen LogP contribution in [0, 0.1) is 5.41 Å². The van der Waals surface area contributed by atoms with Crippen molar-refractivity contribution >= 4 is 40.4 Å². The second kappa shape index (κ2) is 12.8. The third-order valence-electron chi connectivity index (χ3n) is 7.92. The lowest BCUT2D eigenvalue weighted by Crippen LogP contribution is -2.56. The first-order valence-electron chi connectivity index (χ1n) is 14.6. The van der Waals surface area contributed by atoms with Crippen molar-refractivity contribution < 1.29 is 38.6 Å². The van der Waals surface area contributed by atoms with E-state index < -0.39 is 29.0 Å². The molecule has 3 aromatic heterocycles. The molecule has 2 amide bonds. The number of aliphatic carboxylic acids is 1. The number of nitrogens with one attached hydrogen (secondary N) is 1. The molecule has 0 radical (unpaired) electrons. The number of amides is 2. The number of esters is 1. The summed E-state index contributed by atoms with van der Waals surface area (Å²) in [6.45, 7) is 5.21. The number of carboxylic acid groups (broad SMARTS) is 1. The third kappa shape index (κ3) is 6.32. The summed E-state index contributed by atoms with van der Waals surface area (Å²) in [5, 5.41) is 14.0. The molecule has 46 heavy (non-hydrogen) atoms. The number of pyridine rings is 1. The number of benzene rings is 1. The minimum atomic E-state index is -1.27. The van der Waals surface area contributed by atoms with Crippen LogP contribution in [0.2, 0.25) is 0 Å². The Labute approximate surface area is 263 Å². The highest BCUT2D eigenvalue weighted by molar-refractivity contribution is 6.45. The SMILES string of the molecule is COc1cnc(-n2ccc(COC(=O)CC(C)(C)C(=O)O)n2)c2[nH]cc(C(=O)C(=O)N3CCN(C(=O)c4ccccc4)C(C)C3)c12. The number of carbonyl (C=O) groups is 5. The van der Waals surface area contributed by atoms with Crippen molar-refractivity contribution in [3.8, 4) is 11.6 Å². The summed E-state index contributed by atoms with van der Waals surface area (Å²) in [6, 6.07) is 10.2. The first-order valence-corrected chi connectivity index (χ1v) is 14.6. The zero-order chi connectivity index (χ0) is 33.2. The fourth-order valence-corrected chi connectivity index (χ4v) is 5.26. The molecule has 240 valence electrons. The lowest BCUT2D eigenvalue weighted by Gasteiger charge is -2.39. The number of ether oxygens (including phenoxy) is 2. The molecule has 5 rings (SSSR count). The van der Waals surface area contributed by atoms with E-state index in [-0.39, 0.29) is 55.9 Å². The highest BCUT2D eigenvalue weighted by atomic mass is 16.5. The number of carboxylic acids is 1. The highest BCUT2D eigenvalue weighted by Crippen LogP contribution is 2.32. The minimum Gasteiger partial charge on any atom is -0.494 e. The van der Waals surface area contributed by atoms with E-state index in [1.165, 1.54) is 42.9 Å². The van der Waals surface area contributed by atoms with Crippen molar-refractivity contribution in [1.29, 1.82) is 0 Å². The normalized spacial score (nSPS) is 15.1. The number of methoxy groups -OCH3 is 1. The lowest BCUT2D eigenvalue weighted by atomic mass is 9.90. The zero-order valence-electron chi connectivity index (χ0n) is 25.9. The van der Waals surface area contributed by atoms with Gasteiger partial charge in [-0.25, -0.2) is 9.67 Å². The van der Waals surface area contributed by atoms with Crippen LogP contribution in [0.25, 0.3) is 16.7 Å². The number of aromatic nitrogens is 4. The first-order chi connectivity index (χ1) is 21.9. The molecule has 1 fully saturated rings. The van der Waals surface area contributed by atoms with Crippen molar-refractivity contribution in [2.45, 2.75) is 39.8 Å². The summed E-state index contributed by atoms with van der Waals surface area (Å²) in [4.78, 5) is 74.1. The molecule has 2 N–H and O–H groups in total. The molecule has 1 aliphatic rings. The van der Waals surface area contributed by atoms with Crippen LogP contribution >= 0.6 is 0 Å². The van der Waals surface area contributed by atoms with Crippen molar-refractivity contribution in [3.05, 3.63) is 71.8 Å². The predicted molar refractivity (Wildman–Crippen MR) is 163 cm³/mol. The number of H-pyrrole nitrogens is 1. The van der Waals surface area contributed by atoms with E-state index in [4.69, 9.17) is 9.47 Å². The summed E-state index contributed by atoms with van der Waals surface area (Å²) in [5.74, 6) is -2.79. The Morgan fingerprint density at radius 2 is 1.83 bits per heavy atom. The Bertz CT molecular complexity index is 1810. The molecule has 1 saturated heterocycles. The van der Waals surface area contributed by atoms with Gasteiger partial charge in [0.25, 0.3) is 17.6 Å². The number of fused-ring (bicyclic) bond motifs is 1. The average molecular weight is 631 g/mol. The van der Waals surface area contributed by atoms with E-state index >= 15 is 0 Å². The molecule has 0 spiro atoms. The van der Waals surface area contributed by atoms with Crippen LogP contribution in [0.5, 0.6) is 5.75 Å². The van der Waals surface area contributed by atoms with Gasteiger partial charge >= 0.3 is 11.9 Å². The predicted octanol–water partition coefficient (Wildman–Crippen LogP) is 2.86. The van der Waals surface area contributed by atoms with E-state index in [1.54, 1.807) is 41.4 Å². The van der Waals surface area contributed by atoms with Gasteiger partial charge in [-0.1, -0.05) is 18.2 Å². The lowest BCUT2D eigenvalue weighted by molar-refractivity contribution is -0.157. The largest absolute Gasteiger partial charge is 0.494 e. The van der Waals surface area contributed by atoms with E-state index in [9.17, 15) is 29.1 Å². The Morgan fingerprint density at radius 1 is 1.09 bits per heavy atom. The van der Waals surface area contributed by atoms with Gasteiger partial charge in [-0.15, -0.1) is 0 Å². The molecular weight excluding hydrogens is 596 g/mol. The number of hydrogen-bond donors (Lipinski definition) is 2. The van der Waals surface area contributed by atoms with Gasteiger partial charge in [0.05, 0.1) is 41.6 Å². The van der Waals surface area contributed by atoms with E-state index in [0.717, 1.165) is 0 Å². The second-order valence-corrected chi connectivity index (χ2v) is 11.7. The smallest absolute Gasteiger partial charge is 0.309 e. The number of aromatic amines is 1. The van der Waals surface area contributed by atoms with Gasteiger partial charge in [-0.05, 0) is 39.0 Å². The molecule has 4 heterocycles. The number of piperazine rings is 1. The quantitative estimate of drug-likeness (QED) is 0.150. The van der Waals surface area contributed by atoms with Crippen molar-refractivity contribution in [1.82, 2.24) is 29.5 Å². The van der Waals surface area contributed by atoms with E-state index in [2.05, 4.69) is 15.1 Å². The molecular formula is C32H34N6O8. The van der Waals surface area contributed by atoms with Gasteiger partial charge in [-0.3, -0.25) is 24.0 Å². The Balaban J connectivity index is 1.31. The van der Waals surface area contributed by atoms with Crippen LogP contribution in [-0.4, -0.2) is 97.0 Å². The fourth-order valence-electron chi connectivity index (χ4n) is 5.26. The Hall–Kier alpha value is -5.53. The Morgan fingerprint density at radius 3 is 2.50 bits per heavy atom. The van der Waals surface area contributed by atoms with Gasteiger partial charge < -0.3 is 29.4 Å². The van der Waals surface area contributed by atoms with Crippen molar-refractivity contribution in [2.24, 2.45) is 5.41 Å². The summed E-state index contributed by atoms with van der Waals surface area (Å²) in [6.07, 6.45) is 4.12. The van der Waals surface area contributed by atoms with Crippen molar-refractivity contribution in [3.63, 3.8) is 0 Å². The average Bonchev–Trinajstić information content (AvgIpc) is 3.70. The van der Waals surface area contributed by atoms with Crippen LogP contribution < -0.4 is 4.74 Å². The molecule has 14 nitrogen and oxygen atoms in total. The van der Waals surface area contributed by atoms with Crippen LogP contribution in [0.3, 0.4) is 0 Å². The molecule has 1 aliphatic heterocycles. The molecule has 0 bridgehead atoms. The topological polar surface area (TPSA) is 177 Å². The number of hydrogen-bond acceptors (Lipinski definition) is 9. The Kier molecular flexibility index (Phi) is 8.89. The molecule has 1 aromatic carbocycles. The molecule has 14 heteroatoms. The van der Waals surface area contributed by atoms with Crippen molar-refractivity contribution in [2.75, 3.05) is 26.7 Å². The van der Waals surface area contributed by atoms with E-state index in [1.807, 2.05) is 13.0 Å². The van der Waals surface area contributed by atoms with Gasteiger partial charge in [0.2, 0.25) is 0 Å². The number of carbonyl (C=O) groups excluding carboxylic acids is 4. The van der Waals surface area contributed by atoms with Crippen LogP contribution in [0.15, 0.2) is 55.0 Å².